The van der Waals surface area contributed by atoms with Gasteiger partial charge in [0, 0.05) is 5.56 Å². The van der Waals surface area contributed by atoms with Crippen LogP contribution in [0.5, 0.6) is 5.75 Å². The van der Waals surface area contributed by atoms with Crippen molar-refractivity contribution < 1.29 is 35.6 Å². The predicted octanol–water partition coefficient (Wildman–Crippen LogP) is 3.70. The lowest BCUT2D eigenvalue weighted by Crippen LogP contribution is -2.38. The maximum Gasteiger partial charge on any atom is 0.573 e. The fraction of sp³-hybridized carbons (Fsp3) is 0.462. The summed E-state index contributed by atoms with van der Waals surface area (Å²) in [6.45, 7) is 2.54. The molecule has 24 heavy (non-hydrogen) atoms. The minimum absolute atomic E-state index is 0.490. The van der Waals surface area contributed by atoms with E-state index < -0.39 is 49.0 Å². The number of nitrogens with zero attached hydrogens (tertiary/aromatic N) is 1. The molecule has 1 aliphatic heterocycles. The van der Waals surface area contributed by atoms with Crippen LogP contribution in [0.2, 0.25) is 0 Å². The zero-order valence-corrected chi connectivity index (χ0v) is 13.9. The summed E-state index contributed by atoms with van der Waals surface area (Å²) in [6.07, 6.45) is -7.16. The second-order valence-corrected chi connectivity index (χ2v) is 8.11. The molecule has 1 aliphatic rings. The third-order valence-corrected chi connectivity index (χ3v) is 5.75. The lowest BCUT2D eigenvalue weighted by atomic mass is 10.1. The highest BCUT2D eigenvalue weighted by atomic mass is 35.5. The lowest BCUT2D eigenvalue weighted by molar-refractivity contribution is -0.274. The Morgan fingerprint density at radius 3 is 2.42 bits per heavy atom. The molecule has 1 aromatic rings. The third-order valence-electron chi connectivity index (χ3n) is 3.15. The predicted molar refractivity (Wildman–Crippen MR) is 78.1 cm³/mol. The standard InChI is InChI=1S/C13H12ClF4NO4S/c1-12(2)9(15)11(19-23-12)24(20,21)10(14)7-5-3-4-6-8(7)22-13(16,17)18/h3-6,9-10H,1-2H3. The summed E-state index contributed by atoms with van der Waals surface area (Å²) in [7, 11) is -4.62. The van der Waals surface area contributed by atoms with E-state index in [1.54, 1.807) is 0 Å². The van der Waals surface area contributed by atoms with E-state index in [9.17, 15) is 26.0 Å². The van der Waals surface area contributed by atoms with Crippen molar-refractivity contribution >= 4 is 26.5 Å². The fourth-order valence-electron chi connectivity index (χ4n) is 1.91. The largest absolute Gasteiger partial charge is 0.573 e. The Morgan fingerprint density at radius 2 is 1.92 bits per heavy atom. The van der Waals surface area contributed by atoms with Gasteiger partial charge >= 0.3 is 6.36 Å². The normalized spacial score (nSPS) is 21.8. The van der Waals surface area contributed by atoms with Gasteiger partial charge in [0.25, 0.3) is 0 Å². The zero-order chi connectivity index (χ0) is 18.3. The van der Waals surface area contributed by atoms with Crippen molar-refractivity contribution in [3.05, 3.63) is 29.8 Å². The van der Waals surface area contributed by atoms with E-state index in [4.69, 9.17) is 16.4 Å². The summed E-state index contributed by atoms with van der Waals surface area (Å²) in [5.41, 5.74) is -2.02. The average molecular weight is 390 g/mol. The Balaban J connectivity index is 2.41. The Bertz CT molecular complexity index is 763. The molecule has 0 amide bonds. The molecule has 134 valence electrons. The van der Waals surface area contributed by atoms with Crippen molar-refractivity contribution in [1.29, 1.82) is 0 Å². The molecule has 2 unspecified atom stereocenters. The highest BCUT2D eigenvalue weighted by Gasteiger charge is 2.50. The van der Waals surface area contributed by atoms with Crippen molar-refractivity contribution in [3.8, 4) is 5.75 Å². The van der Waals surface area contributed by atoms with E-state index in [0.717, 1.165) is 12.1 Å². The van der Waals surface area contributed by atoms with Crippen molar-refractivity contribution in [2.45, 2.75) is 36.7 Å². The number of oxime groups is 1. The van der Waals surface area contributed by atoms with Gasteiger partial charge in [-0.15, -0.1) is 13.2 Å². The molecule has 1 aromatic carbocycles. The number of para-hydroxylation sites is 1. The van der Waals surface area contributed by atoms with Crippen LogP contribution >= 0.6 is 11.6 Å². The van der Waals surface area contributed by atoms with Crippen molar-refractivity contribution in [2.24, 2.45) is 5.16 Å². The lowest BCUT2D eigenvalue weighted by Gasteiger charge is -2.20. The summed E-state index contributed by atoms with van der Waals surface area (Å²) in [5, 5.41) is 2.22. The minimum Gasteiger partial charge on any atom is -0.405 e. The summed E-state index contributed by atoms with van der Waals surface area (Å²) in [4.78, 5) is 4.71. The molecule has 1 heterocycles. The molecule has 0 bridgehead atoms. The van der Waals surface area contributed by atoms with Crippen molar-refractivity contribution in [3.63, 3.8) is 0 Å². The number of alkyl halides is 5. The molecule has 0 aliphatic carbocycles. The topological polar surface area (TPSA) is 65.0 Å². The molecule has 0 aromatic heterocycles. The maximum absolute atomic E-state index is 14.2. The van der Waals surface area contributed by atoms with E-state index in [2.05, 4.69) is 9.89 Å². The van der Waals surface area contributed by atoms with Gasteiger partial charge in [0.2, 0.25) is 14.9 Å². The molecular weight excluding hydrogens is 378 g/mol. The van der Waals surface area contributed by atoms with E-state index in [-0.39, 0.29) is 0 Å². The number of ether oxygens (including phenoxy) is 1. The summed E-state index contributed by atoms with van der Waals surface area (Å²) in [5.74, 6) is -0.803. The van der Waals surface area contributed by atoms with Gasteiger partial charge in [-0.25, -0.2) is 12.8 Å². The number of hydrogen-bond donors (Lipinski definition) is 0. The molecular formula is C13H12ClF4NO4S. The average Bonchev–Trinajstić information content (AvgIpc) is 2.72. The summed E-state index contributed by atoms with van der Waals surface area (Å²) < 4.78 is 78.1. The molecule has 5 nitrogen and oxygen atoms in total. The van der Waals surface area contributed by atoms with Gasteiger partial charge < -0.3 is 9.57 Å². The second kappa shape index (κ2) is 6.07. The summed E-state index contributed by atoms with van der Waals surface area (Å²) in [6, 6.07) is 4.41. The monoisotopic (exact) mass is 389 g/mol. The molecule has 0 fully saturated rings. The van der Waals surface area contributed by atoms with Gasteiger partial charge in [0.1, 0.15) is 5.75 Å². The first-order chi connectivity index (χ1) is 10.9. The number of rotatable bonds is 3. The Morgan fingerprint density at radius 1 is 1.33 bits per heavy atom. The molecule has 0 N–H and O–H groups in total. The zero-order valence-electron chi connectivity index (χ0n) is 12.3. The minimum atomic E-state index is -5.05. The molecule has 2 rings (SSSR count). The summed E-state index contributed by atoms with van der Waals surface area (Å²) >= 11 is 5.83. The number of hydrogen-bond acceptors (Lipinski definition) is 5. The van der Waals surface area contributed by atoms with Crippen LogP contribution in [0.4, 0.5) is 17.6 Å². The quantitative estimate of drug-likeness (QED) is 0.584. The van der Waals surface area contributed by atoms with Gasteiger partial charge in [-0.2, -0.15) is 0 Å². The number of halogens is 5. The van der Waals surface area contributed by atoms with Gasteiger partial charge in [0.05, 0.1) is 0 Å². The molecule has 2 atom stereocenters. The Labute approximate surface area is 140 Å². The highest BCUT2D eigenvalue weighted by Crippen LogP contribution is 2.40. The van der Waals surface area contributed by atoms with Crippen LogP contribution in [0.3, 0.4) is 0 Å². The SMILES string of the molecule is CC1(C)ON=C(S(=O)(=O)C(Cl)c2ccccc2OC(F)(F)F)C1F. The van der Waals surface area contributed by atoms with Crippen LogP contribution in [-0.2, 0) is 14.7 Å². The van der Waals surface area contributed by atoms with E-state index >= 15 is 0 Å². The van der Waals surface area contributed by atoms with Crippen molar-refractivity contribution in [2.75, 3.05) is 0 Å². The highest BCUT2D eigenvalue weighted by molar-refractivity contribution is 8.07. The van der Waals surface area contributed by atoms with Gasteiger partial charge in [-0.1, -0.05) is 35.0 Å². The number of sulfone groups is 1. The Kier molecular flexibility index (Phi) is 4.75. The second-order valence-electron chi connectivity index (χ2n) is 5.43. The van der Waals surface area contributed by atoms with Gasteiger partial charge in [0.15, 0.2) is 16.5 Å². The number of benzene rings is 1. The smallest absolute Gasteiger partial charge is 0.405 e. The third kappa shape index (κ3) is 3.59. The van der Waals surface area contributed by atoms with Crippen molar-refractivity contribution in [1.82, 2.24) is 0 Å². The van der Waals surface area contributed by atoms with Crippen LogP contribution in [-0.4, -0.2) is 31.6 Å². The van der Waals surface area contributed by atoms with Crippen LogP contribution in [0.1, 0.15) is 24.1 Å². The molecule has 0 spiro atoms. The molecule has 0 saturated carbocycles. The van der Waals surface area contributed by atoms with E-state index in [1.807, 2.05) is 0 Å². The molecule has 0 radical (unpaired) electrons. The van der Waals surface area contributed by atoms with E-state index in [1.165, 1.54) is 26.0 Å². The van der Waals surface area contributed by atoms with Crippen LogP contribution in [0, 0.1) is 0 Å². The van der Waals surface area contributed by atoms with Crippen LogP contribution in [0.15, 0.2) is 29.4 Å². The maximum atomic E-state index is 14.2. The van der Waals surface area contributed by atoms with E-state index in [0.29, 0.717) is 0 Å². The van der Waals surface area contributed by atoms with Gasteiger partial charge in [-0.3, -0.25) is 0 Å². The van der Waals surface area contributed by atoms with Crippen LogP contribution < -0.4 is 4.74 Å². The van der Waals surface area contributed by atoms with Gasteiger partial charge in [-0.05, 0) is 19.9 Å². The first kappa shape index (κ1) is 18.8. The molecule has 0 saturated heterocycles. The Hall–Kier alpha value is -1.55. The first-order valence-corrected chi connectivity index (χ1v) is 8.47. The fourth-order valence-corrected chi connectivity index (χ4v) is 3.82. The van der Waals surface area contributed by atoms with Crippen LogP contribution in [0.25, 0.3) is 0 Å². The first-order valence-electron chi connectivity index (χ1n) is 6.49. The molecule has 11 heteroatoms.